The Morgan fingerprint density at radius 3 is 2.17 bits per heavy atom. The van der Waals surface area contributed by atoms with Gasteiger partial charge >= 0.3 is 0 Å². The molecule has 0 radical (unpaired) electrons. The number of hydrogen-bond donors (Lipinski definition) is 1. The van der Waals surface area contributed by atoms with Crippen molar-refractivity contribution in [2.45, 2.75) is 13.0 Å². The van der Waals surface area contributed by atoms with E-state index in [0.717, 1.165) is 5.56 Å². The van der Waals surface area contributed by atoms with E-state index in [4.69, 9.17) is 14.2 Å². The summed E-state index contributed by atoms with van der Waals surface area (Å²) in [5.74, 6) is 1.38. The van der Waals surface area contributed by atoms with Gasteiger partial charge in [-0.3, -0.25) is 24.6 Å². The van der Waals surface area contributed by atoms with Gasteiger partial charge < -0.3 is 24.4 Å². The molecule has 1 saturated heterocycles. The second kappa shape index (κ2) is 12.0. The first-order valence-corrected chi connectivity index (χ1v) is 11.2. The number of nitro groups is 1. The van der Waals surface area contributed by atoms with Crippen LogP contribution in [0.4, 0.5) is 5.69 Å². The number of carbonyl (C=O) groups excluding carboxylic acids is 2. The topological polar surface area (TPSA) is 123 Å². The molecule has 0 bridgehead atoms. The summed E-state index contributed by atoms with van der Waals surface area (Å²) < 4.78 is 16.4. The minimum absolute atomic E-state index is 0.0302. The highest BCUT2D eigenvalue weighted by Gasteiger charge is 2.23. The predicted octanol–water partition coefficient (Wildman–Crippen LogP) is 2.08. The van der Waals surface area contributed by atoms with Gasteiger partial charge in [0.15, 0.2) is 11.5 Å². The molecule has 0 spiro atoms. The first-order chi connectivity index (χ1) is 16.9. The summed E-state index contributed by atoms with van der Waals surface area (Å²) >= 11 is 0. The van der Waals surface area contributed by atoms with Crippen LogP contribution in [-0.4, -0.2) is 80.6 Å². The summed E-state index contributed by atoms with van der Waals surface area (Å²) in [6.45, 7) is 3.43. The average Bonchev–Trinajstić information content (AvgIpc) is 2.88. The van der Waals surface area contributed by atoms with Crippen LogP contribution in [0.2, 0.25) is 0 Å². The van der Waals surface area contributed by atoms with Gasteiger partial charge in [-0.15, -0.1) is 0 Å². The number of methoxy groups -OCH3 is 3. The lowest BCUT2D eigenvalue weighted by atomic mass is 10.1. The highest BCUT2D eigenvalue weighted by Crippen LogP contribution is 2.40. The summed E-state index contributed by atoms with van der Waals surface area (Å²) in [5.41, 5.74) is 1.20. The van der Waals surface area contributed by atoms with E-state index in [0.29, 0.717) is 55.5 Å². The molecule has 0 aromatic heterocycles. The smallest absolute Gasteiger partial charge is 0.269 e. The normalized spacial score (nSPS) is 13.7. The number of piperazine rings is 1. The number of amides is 2. The summed E-state index contributed by atoms with van der Waals surface area (Å²) in [4.78, 5) is 39.0. The molecule has 1 heterocycles. The van der Waals surface area contributed by atoms with Gasteiger partial charge in [0.2, 0.25) is 11.7 Å². The van der Waals surface area contributed by atoms with Gasteiger partial charge in [0.1, 0.15) is 0 Å². The molecule has 1 fully saturated rings. The molecule has 2 aromatic carbocycles. The molecule has 1 N–H and O–H groups in total. The zero-order valence-corrected chi connectivity index (χ0v) is 20.1. The van der Waals surface area contributed by atoms with Crippen LogP contribution in [0, 0.1) is 10.1 Å². The maximum atomic E-state index is 12.6. The van der Waals surface area contributed by atoms with Crippen molar-refractivity contribution in [1.29, 1.82) is 0 Å². The van der Waals surface area contributed by atoms with E-state index in [1.165, 1.54) is 24.3 Å². The van der Waals surface area contributed by atoms with E-state index < -0.39 is 4.92 Å². The quantitative estimate of drug-likeness (QED) is 0.400. The number of carbonyl (C=O) groups is 2. The van der Waals surface area contributed by atoms with Gasteiger partial charge in [-0.25, -0.2) is 0 Å². The molecular weight excluding hydrogens is 456 g/mol. The molecule has 2 amide bonds. The van der Waals surface area contributed by atoms with Crippen molar-refractivity contribution in [2.75, 3.05) is 54.1 Å². The number of nitro benzene ring substituents is 1. The first-order valence-electron chi connectivity index (χ1n) is 11.2. The van der Waals surface area contributed by atoms with Crippen LogP contribution in [0.5, 0.6) is 17.2 Å². The van der Waals surface area contributed by atoms with Crippen molar-refractivity contribution in [3.05, 3.63) is 57.6 Å². The molecule has 0 atom stereocenters. The van der Waals surface area contributed by atoms with Crippen molar-refractivity contribution in [1.82, 2.24) is 15.1 Å². The molecule has 3 rings (SSSR count). The van der Waals surface area contributed by atoms with Crippen molar-refractivity contribution < 1.29 is 28.7 Å². The summed E-state index contributed by atoms with van der Waals surface area (Å²) in [7, 11) is 4.75. The Morgan fingerprint density at radius 2 is 1.60 bits per heavy atom. The highest BCUT2D eigenvalue weighted by atomic mass is 16.6. The van der Waals surface area contributed by atoms with E-state index in [1.54, 1.807) is 26.2 Å². The fraction of sp³-hybridized carbons (Fsp3) is 0.417. The van der Waals surface area contributed by atoms with Crippen LogP contribution < -0.4 is 19.5 Å². The molecule has 188 valence electrons. The Hall–Kier alpha value is -3.86. The van der Waals surface area contributed by atoms with Crippen LogP contribution in [0.1, 0.15) is 22.3 Å². The average molecular weight is 487 g/mol. The standard InChI is InChI=1S/C24H30N4O7/c1-33-20-9-6-18(22(34-2)23(20)35-3)16-26-12-14-27(15-13-26)21(29)10-11-25-24(30)17-4-7-19(8-5-17)28(31)32/h4-9H,10-16H2,1-3H3,(H,25,30). The van der Waals surface area contributed by atoms with E-state index in [1.807, 2.05) is 12.1 Å². The zero-order valence-electron chi connectivity index (χ0n) is 20.1. The molecule has 11 nitrogen and oxygen atoms in total. The third-order valence-corrected chi connectivity index (χ3v) is 5.87. The Bertz CT molecular complexity index is 1050. The number of ether oxygens (including phenoxy) is 3. The van der Waals surface area contributed by atoms with E-state index in [9.17, 15) is 19.7 Å². The van der Waals surface area contributed by atoms with E-state index in [2.05, 4.69) is 10.2 Å². The van der Waals surface area contributed by atoms with E-state index in [-0.39, 0.29) is 30.5 Å². The Kier molecular flexibility index (Phi) is 8.85. The lowest BCUT2D eigenvalue weighted by Gasteiger charge is -2.35. The fourth-order valence-corrected chi connectivity index (χ4v) is 3.96. The molecule has 1 aliphatic heterocycles. The van der Waals surface area contributed by atoms with Gasteiger partial charge in [-0.05, 0) is 18.2 Å². The van der Waals surface area contributed by atoms with Gasteiger partial charge in [0, 0.05) is 68.9 Å². The Balaban J connectivity index is 1.45. The molecule has 2 aromatic rings. The Labute approximate surface area is 203 Å². The van der Waals surface area contributed by atoms with Crippen molar-refractivity contribution in [2.24, 2.45) is 0 Å². The van der Waals surface area contributed by atoms with Gasteiger partial charge in [-0.1, -0.05) is 6.07 Å². The number of hydrogen-bond acceptors (Lipinski definition) is 8. The van der Waals surface area contributed by atoms with Crippen molar-refractivity contribution in [3.63, 3.8) is 0 Å². The number of rotatable bonds is 10. The van der Waals surface area contributed by atoms with Gasteiger partial charge in [0.05, 0.1) is 26.3 Å². The van der Waals surface area contributed by atoms with Crippen LogP contribution >= 0.6 is 0 Å². The largest absolute Gasteiger partial charge is 0.493 e. The first kappa shape index (κ1) is 25.8. The maximum Gasteiger partial charge on any atom is 0.269 e. The summed E-state index contributed by atoms with van der Waals surface area (Å²) in [6.07, 6.45) is 0.183. The van der Waals surface area contributed by atoms with E-state index >= 15 is 0 Å². The van der Waals surface area contributed by atoms with Crippen LogP contribution in [0.25, 0.3) is 0 Å². The summed E-state index contributed by atoms with van der Waals surface area (Å²) in [5, 5.41) is 13.4. The fourth-order valence-electron chi connectivity index (χ4n) is 3.96. The van der Waals surface area contributed by atoms with Crippen molar-refractivity contribution >= 4 is 17.5 Å². The summed E-state index contributed by atoms with van der Waals surface area (Å²) in [6, 6.07) is 9.13. The molecule has 0 saturated carbocycles. The van der Waals surface area contributed by atoms with Crippen LogP contribution in [0.3, 0.4) is 0 Å². The molecule has 11 heteroatoms. The third kappa shape index (κ3) is 6.38. The number of nitrogens with zero attached hydrogens (tertiary/aromatic N) is 3. The molecule has 0 aliphatic carbocycles. The van der Waals surface area contributed by atoms with Crippen LogP contribution in [0.15, 0.2) is 36.4 Å². The minimum Gasteiger partial charge on any atom is -0.493 e. The number of benzene rings is 2. The number of nitrogens with one attached hydrogen (secondary N) is 1. The van der Waals surface area contributed by atoms with Crippen molar-refractivity contribution in [3.8, 4) is 17.2 Å². The molecule has 0 unspecified atom stereocenters. The third-order valence-electron chi connectivity index (χ3n) is 5.87. The Morgan fingerprint density at radius 1 is 0.943 bits per heavy atom. The second-order valence-electron chi connectivity index (χ2n) is 7.96. The maximum absolute atomic E-state index is 12.6. The highest BCUT2D eigenvalue weighted by molar-refractivity contribution is 5.94. The molecule has 1 aliphatic rings. The van der Waals surface area contributed by atoms with Gasteiger partial charge in [0.25, 0.3) is 11.6 Å². The second-order valence-corrected chi connectivity index (χ2v) is 7.96. The minimum atomic E-state index is -0.523. The van der Waals surface area contributed by atoms with Crippen LogP contribution in [-0.2, 0) is 11.3 Å². The zero-order chi connectivity index (χ0) is 25.4. The lowest BCUT2D eigenvalue weighted by molar-refractivity contribution is -0.384. The monoisotopic (exact) mass is 486 g/mol. The SMILES string of the molecule is COc1ccc(CN2CCN(C(=O)CCNC(=O)c3ccc([N+](=O)[O-])cc3)CC2)c(OC)c1OC. The lowest BCUT2D eigenvalue weighted by Crippen LogP contribution is -2.48. The number of non-ortho nitro benzene ring substituents is 1. The molecule has 35 heavy (non-hydrogen) atoms. The predicted molar refractivity (Wildman–Crippen MR) is 128 cm³/mol. The van der Waals surface area contributed by atoms with Gasteiger partial charge in [-0.2, -0.15) is 0 Å². The molecular formula is C24H30N4O7.